The smallest absolute Gasteiger partial charge is 0.0627 e. The van der Waals surface area contributed by atoms with Gasteiger partial charge in [0.15, 0.2) is 0 Å². The number of halogens is 1. The Hall–Kier alpha value is 0.650. The summed E-state index contributed by atoms with van der Waals surface area (Å²) in [6.45, 7) is 2.80. The first-order chi connectivity index (χ1) is 3.93. The van der Waals surface area contributed by atoms with Crippen molar-refractivity contribution in [3.8, 4) is 0 Å². The molecule has 1 saturated heterocycles. The molecule has 8 heavy (non-hydrogen) atoms. The van der Waals surface area contributed by atoms with Gasteiger partial charge in [0.05, 0.1) is 13.2 Å². The molecule has 1 aliphatic rings. The van der Waals surface area contributed by atoms with Crippen molar-refractivity contribution in [2.75, 3.05) is 24.2 Å². The number of hydrogen-bond donors (Lipinski definition) is 1. The monoisotopic (exact) mass is 227 g/mol. The number of alkyl halides is 1. The van der Waals surface area contributed by atoms with E-state index in [-0.39, 0.29) is 0 Å². The molecule has 3 heteroatoms. The second kappa shape index (κ2) is 3.63. The topological polar surface area (TPSA) is 21.3 Å². The average Bonchev–Trinajstić information content (AvgIpc) is 1.90. The van der Waals surface area contributed by atoms with Crippen molar-refractivity contribution >= 4 is 22.6 Å². The van der Waals surface area contributed by atoms with E-state index in [0.29, 0.717) is 6.04 Å². The van der Waals surface area contributed by atoms with Crippen LogP contribution in [0.3, 0.4) is 0 Å². The largest absolute Gasteiger partial charge is 0.378 e. The van der Waals surface area contributed by atoms with Crippen LogP contribution in [0.15, 0.2) is 0 Å². The summed E-state index contributed by atoms with van der Waals surface area (Å²) in [6.07, 6.45) is 0. The van der Waals surface area contributed by atoms with Gasteiger partial charge in [-0.05, 0) is 0 Å². The van der Waals surface area contributed by atoms with Gasteiger partial charge in [-0.2, -0.15) is 0 Å². The summed E-state index contributed by atoms with van der Waals surface area (Å²) in [5.41, 5.74) is 0. The maximum Gasteiger partial charge on any atom is 0.0627 e. The minimum Gasteiger partial charge on any atom is -0.378 e. The Morgan fingerprint density at radius 3 is 3.00 bits per heavy atom. The normalized spacial score (nSPS) is 30.4. The van der Waals surface area contributed by atoms with Crippen molar-refractivity contribution in [1.29, 1.82) is 0 Å². The van der Waals surface area contributed by atoms with Crippen LogP contribution in [0.25, 0.3) is 0 Å². The molecule has 1 rings (SSSR count). The second-order valence-electron chi connectivity index (χ2n) is 1.88. The molecule has 48 valence electrons. The molecule has 0 spiro atoms. The van der Waals surface area contributed by atoms with E-state index in [1.54, 1.807) is 0 Å². The highest BCUT2D eigenvalue weighted by molar-refractivity contribution is 14.1. The lowest BCUT2D eigenvalue weighted by molar-refractivity contribution is 0.0845. The molecule has 0 aromatic heterocycles. The maximum atomic E-state index is 5.21. The molecule has 1 aliphatic heterocycles. The Morgan fingerprint density at radius 2 is 2.62 bits per heavy atom. The zero-order valence-electron chi connectivity index (χ0n) is 4.69. The van der Waals surface area contributed by atoms with Crippen LogP contribution in [0.2, 0.25) is 0 Å². The lowest BCUT2D eigenvalue weighted by atomic mass is 10.3. The van der Waals surface area contributed by atoms with Crippen LogP contribution in [0.1, 0.15) is 0 Å². The van der Waals surface area contributed by atoms with Gasteiger partial charge in [0, 0.05) is 17.0 Å². The summed E-state index contributed by atoms with van der Waals surface area (Å²) in [4.78, 5) is 0. The third-order valence-electron chi connectivity index (χ3n) is 1.18. The Balaban J connectivity index is 2.13. The average molecular weight is 227 g/mol. The van der Waals surface area contributed by atoms with Crippen LogP contribution >= 0.6 is 22.6 Å². The van der Waals surface area contributed by atoms with Gasteiger partial charge in [0.1, 0.15) is 0 Å². The van der Waals surface area contributed by atoms with Gasteiger partial charge in [-0.25, -0.2) is 0 Å². The van der Waals surface area contributed by atoms with Crippen LogP contribution in [0.4, 0.5) is 0 Å². The summed E-state index contributed by atoms with van der Waals surface area (Å²) >= 11 is 2.36. The van der Waals surface area contributed by atoms with Crippen LogP contribution in [0.5, 0.6) is 0 Å². The van der Waals surface area contributed by atoms with Crippen molar-refractivity contribution in [1.82, 2.24) is 5.32 Å². The van der Waals surface area contributed by atoms with Gasteiger partial charge < -0.3 is 10.1 Å². The highest BCUT2D eigenvalue weighted by Gasteiger charge is 2.09. The first-order valence-electron chi connectivity index (χ1n) is 2.80. The van der Waals surface area contributed by atoms with Crippen molar-refractivity contribution in [2.45, 2.75) is 6.04 Å². The van der Waals surface area contributed by atoms with Crippen LogP contribution < -0.4 is 5.32 Å². The van der Waals surface area contributed by atoms with Crippen LogP contribution in [-0.2, 0) is 4.74 Å². The fraction of sp³-hybridized carbons (Fsp3) is 1.00. The number of ether oxygens (including phenoxy) is 1. The predicted molar refractivity (Wildman–Crippen MR) is 41.5 cm³/mol. The fourth-order valence-electron chi connectivity index (χ4n) is 0.719. The minimum absolute atomic E-state index is 0.601. The van der Waals surface area contributed by atoms with E-state index in [2.05, 4.69) is 27.9 Å². The molecule has 1 N–H and O–H groups in total. The zero-order chi connectivity index (χ0) is 5.82. The molecule has 0 aromatic rings. The van der Waals surface area contributed by atoms with E-state index in [1.165, 1.54) is 0 Å². The lowest BCUT2D eigenvalue weighted by Gasteiger charge is -2.21. The molecule has 0 amide bonds. The summed E-state index contributed by atoms with van der Waals surface area (Å²) in [6, 6.07) is 0.601. The number of hydrogen-bond acceptors (Lipinski definition) is 2. The number of morpholine rings is 1. The third-order valence-corrected chi connectivity index (χ3v) is 2.25. The Bertz CT molecular complexity index is 63.4. The van der Waals surface area contributed by atoms with Gasteiger partial charge in [0.2, 0.25) is 0 Å². The van der Waals surface area contributed by atoms with Gasteiger partial charge in [-0.15, -0.1) is 0 Å². The summed E-state index contributed by atoms with van der Waals surface area (Å²) < 4.78 is 6.36. The molecule has 2 nitrogen and oxygen atoms in total. The molecular formula is C5H10INO. The van der Waals surface area contributed by atoms with Gasteiger partial charge in [0.25, 0.3) is 0 Å². The highest BCUT2D eigenvalue weighted by Crippen LogP contribution is 1.96. The predicted octanol–water partition coefficient (Wildman–Crippen LogP) is 0.410. The van der Waals surface area contributed by atoms with E-state index >= 15 is 0 Å². The molecule has 0 bridgehead atoms. The van der Waals surface area contributed by atoms with Crippen LogP contribution in [-0.4, -0.2) is 30.2 Å². The van der Waals surface area contributed by atoms with E-state index in [1.807, 2.05) is 0 Å². The summed E-state index contributed by atoms with van der Waals surface area (Å²) in [5.74, 6) is 0. The van der Waals surface area contributed by atoms with E-state index in [4.69, 9.17) is 4.74 Å². The first kappa shape index (κ1) is 6.77. The van der Waals surface area contributed by atoms with Gasteiger partial charge in [-0.1, -0.05) is 22.6 Å². The van der Waals surface area contributed by atoms with Gasteiger partial charge in [-0.3, -0.25) is 0 Å². The third kappa shape index (κ3) is 1.87. The Labute approximate surface area is 63.1 Å². The summed E-state index contributed by atoms with van der Waals surface area (Å²) in [7, 11) is 0. The van der Waals surface area contributed by atoms with E-state index in [9.17, 15) is 0 Å². The van der Waals surface area contributed by atoms with E-state index in [0.717, 1.165) is 24.2 Å². The van der Waals surface area contributed by atoms with Crippen molar-refractivity contribution < 1.29 is 4.74 Å². The minimum atomic E-state index is 0.601. The number of nitrogens with one attached hydrogen (secondary N) is 1. The SMILES string of the molecule is ICC1COCCN1. The fourth-order valence-corrected chi connectivity index (χ4v) is 1.28. The molecule has 1 heterocycles. The molecule has 1 unspecified atom stereocenters. The molecule has 0 radical (unpaired) electrons. The van der Waals surface area contributed by atoms with Crippen molar-refractivity contribution in [2.24, 2.45) is 0 Å². The van der Waals surface area contributed by atoms with Gasteiger partial charge >= 0.3 is 0 Å². The molecule has 0 aromatic carbocycles. The highest BCUT2D eigenvalue weighted by atomic mass is 127. The molecule has 0 saturated carbocycles. The Morgan fingerprint density at radius 1 is 1.75 bits per heavy atom. The zero-order valence-corrected chi connectivity index (χ0v) is 6.85. The standard InChI is InChI=1S/C5H10INO/c6-3-5-4-8-2-1-7-5/h5,7H,1-4H2. The van der Waals surface area contributed by atoms with Crippen molar-refractivity contribution in [3.05, 3.63) is 0 Å². The molecule has 1 atom stereocenters. The maximum absolute atomic E-state index is 5.21. The quantitative estimate of drug-likeness (QED) is 0.517. The number of rotatable bonds is 1. The second-order valence-corrected chi connectivity index (χ2v) is 2.76. The summed E-state index contributed by atoms with van der Waals surface area (Å²) in [5, 5.41) is 3.34. The first-order valence-corrected chi connectivity index (χ1v) is 4.33. The molecule has 1 fully saturated rings. The Kier molecular flexibility index (Phi) is 3.07. The van der Waals surface area contributed by atoms with E-state index < -0.39 is 0 Å². The molecular weight excluding hydrogens is 217 g/mol. The lowest BCUT2D eigenvalue weighted by Crippen LogP contribution is -2.42. The van der Waals surface area contributed by atoms with Crippen LogP contribution in [0, 0.1) is 0 Å². The van der Waals surface area contributed by atoms with Crippen molar-refractivity contribution in [3.63, 3.8) is 0 Å². The molecule has 0 aliphatic carbocycles.